The van der Waals surface area contributed by atoms with E-state index < -0.39 is 18.1 Å². The van der Waals surface area contributed by atoms with Crippen LogP contribution in [0.15, 0.2) is 53.2 Å². The topological polar surface area (TPSA) is 71.7 Å². The molecule has 1 unspecified atom stereocenters. The predicted molar refractivity (Wildman–Crippen MR) is 83.4 cm³/mol. The monoisotopic (exact) mass is 337 g/mol. The van der Waals surface area contributed by atoms with E-state index in [0.29, 0.717) is 11.3 Å². The van der Waals surface area contributed by atoms with Gasteiger partial charge in [0.2, 0.25) is 5.91 Å². The van der Waals surface area contributed by atoms with Crippen molar-refractivity contribution < 1.29 is 27.8 Å². The summed E-state index contributed by atoms with van der Waals surface area (Å²) in [5.74, 6) is -0.0165. The minimum atomic E-state index is -2.88. The van der Waals surface area contributed by atoms with Crippen LogP contribution in [0.2, 0.25) is 0 Å². The Hall–Kier alpha value is -2.67. The van der Waals surface area contributed by atoms with Gasteiger partial charge in [0.25, 0.3) is 0 Å². The highest BCUT2D eigenvalue weighted by Gasteiger charge is 2.26. The smallest absolute Gasteiger partial charge is 0.387 e. The predicted octanol–water partition coefficient (Wildman–Crippen LogP) is 2.92. The summed E-state index contributed by atoms with van der Waals surface area (Å²) in [5, 5.41) is 12.8. The molecule has 0 saturated heterocycles. The second-order valence-corrected chi connectivity index (χ2v) is 5.25. The van der Waals surface area contributed by atoms with Gasteiger partial charge >= 0.3 is 6.61 Å². The van der Waals surface area contributed by atoms with E-state index in [1.807, 2.05) is 0 Å². The van der Waals surface area contributed by atoms with Crippen LogP contribution in [0, 0.1) is 0 Å². The summed E-state index contributed by atoms with van der Waals surface area (Å²) in [4.78, 5) is 11.8. The molecule has 128 valence electrons. The van der Waals surface area contributed by atoms with E-state index in [9.17, 15) is 18.7 Å². The van der Waals surface area contributed by atoms with Crippen LogP contribution in [0.5, 0.6) is 5.75 Å². The number of aliphatic hydroxyl groups is 1. The Morgan fingerprint density at radius 2 is 2.08 bits per heavy atom. The van der Waals surface area contributed by atoms with Crippen molar-refractivity contribution in [2.45, 2.75) is 19.1 Å². The van der Waals surface area contributed by atoms with Crippen molar-refractivity contribution in [3.8, 4) is 5.75 Å². The number of hydrogen-bond acceptors (Lipinski definition) is 4. The number of carbonyl (C=O) groups is 1. The van der Waals surface area contributed by atoms with Crippen molar-refractivity contribution in [1.82, 2.24) is 5.32 Å². The maximum atomic E-state index is 12.0. The normalized spacial score (nSPS) is 13.9. The number of nitrogens with one attached hydrogen (secondary N) is 1. The number of benzene rings is 1. The highest BCUT2D eigenvalue weighted by molar-refractivity contribution is 5.91. The maximum Gasteiger partial charge on any atom is 0.387 e. The summed E-state index contributed by atoms with van der Waals surface area (Å²) in [6.45, 7) is -1.37. The molecule has 1 heterocycles. The van der Waals surface area contributed by atoms with Crippen molar-refractivity contribution in [3.63, 3.8) is 0 Å². The lowest BCUT2D eigenvalue weighted by molar-refractivity contribution is -0.117. The second kappa shape index (κ2) is 7.74. The first-order valence-corrected chi connectivity index (χ1v) is 7.14. The molecule has 7 heteroatoms. The van der Waals surface area contributed by atoms with E-state index in [-0.39, 0.29) is 12.3 Å². The zero-order chi connectivity index (χ0) is 17.6. The Bertz CT molecular complexity index is 679. The molecule has 1 aromatic carbocycles. The highest BCUT2D eigenvalue weighted by atomic mass is 19.3. The van der Waals surface area contributed by atoms with Gasteiger partial charge in [0.05, 0.1) is 12.8 Å². The van der Waals surface area contributed by atoms with Crippen molar-refractivity contribution >= 4 is 12.0 Å². The van der Waals surface area contributed by atoms with Gasteiger partial charge in [-0.15, -0.1) is 0 Å². The molecule has 0 aliphatic heterocycles. The Balaban J connectivity index is 1.86. The minimum Gasteiger partial charge on any atom is -0.466 e. The molecule has 2 rings (SSSR count). The van der Waals surface area contributed by atoms with Crippen LogP contribution in [-0.2, 0) is 10.4 Å². The zero-order valence-electron chi connectivity index (χ0n) is 12.9. The van der Waals surface area contributed by atoms with Gasteiger partial charge in [0, 0.05) is 6.08 Å². The number of carbonyl (C=O) groups excluding carboxylic acids is 1. The molecule has 2 N–H and O–H groups in total. The number of ether oxygens (including phenoxy) is 1. The molecule has 0 aliphatic carbocycles. The van der Waals surface area contributed by atoms with Crippen LogP contribution in [-0.4, -0.2) is 24.2 Å². The third kappa shape index (κ3) is 5.20. The van der Waals surface area contributed by atoms with Crippen LogP contribution >= 0.6 is 0 Å². The summed E-state index contributed by atoms with van der Waals surface area (Å²) in [6, 6.07) is 9.11. The van der Waals surface area contributed by atoms with Gasteiger partial charge in [-0.1, -0.05) is 12.1 Å². The first kappa shape index (κ1) is 17.7. The third-order valence-corrected chi connectivity index (χ3v) is 3.19. The van der Waals surface area contributed by atoms with E-state index in [2.05, 4.69) is 10.1 Å². The summed E-state index contributed by atoms with van der Waals surface area (Å²) in [5.41, 5.74) is -0.675. The van der Waals surface area contributed by atoms with Gasteiger partial charge in [-0.3, -0.25) is 4.79 Å². The van der Waals surface area contributed by atoms with E-state index in [1.54, 1.807) is 24.3 Å². The van der Waals surface area contributed by atoms with Crippen molar-refractivity contribution in [2.75, 3.05) is 6.54 Å². The van der Waals surface area contributed by atoms with Gasteiger partial charge < -0.3 is 19.6 Å². The van der Waals surface area contributed by atoms with Crippen LogP contribution in [0.4, 0.5) is 8.78 Å². The molecule has 1 atom stereocenters. The minimum absolute atomic E-state index is 0.0230. The Labute approximate surface area is 137 Å². The Kier molecular flexibility index (Phi) is 5.70. The lowest BCUT2D eigenvalue weighted by Crippen LogP contribution is -2.37. The molecule has 1 amide bonds. The summed E-state index contributed by atoms with van der Waals surface area (Å²) in [7, 11) is 0. The zero-order valence-corrected chi connectivity index (χ0v) is 12.9. The molecule has 0 saturated carbocycles. The van der Waals surface area contributed by atoms with Gasteiger partial charge in [0.1, 0.15) is 17.1 Å². The standard InChI is InChI=1S/C17H17F2NO4/c1-17(22,14-3-2-10-23-14)11-20-15(21)9-6-12-4-7-13(8-5-12)24-16(18)19/h2-10,16,22H,11H2,1H3,(H,20,21). The molecule has 0 fully saturated rings. The first-order valence-electron chi connectivity index (χ1n) is 7.14. The molecule has 2 aromatic rings. The van der Waals surface area contributed by atoms with E-state index >= 15 is 0 Å². The van der Waals surface area contributed by atoms with E-state index in [4.69, 9.17) is 4.42 Å². The second-order valence-electron chi connectivity index (χ2n) is 5.25. The molecule has 0 spiro atoms. The molecule has 1 aromatic heterocycles. The molecule has 0 aliphatic rings. The Morgan fingerprint density at radius 3 is 2.67 bits per heavy atom. The Morgan fingerprint density at radius 1 is 1.38 bits per heavy atom. The molecular formula is C17H17F2NO4. The fraction of sp³-hybridized carbons (Fsp3) is 0.235. The first-order chi connectivity index (χ1) is 11.4. The number of alkyl halides is 2. The highest BCUT2D eigenvalue weighted by Crippen LogP contribution is 2.19. The average molecular weight is 337 g/mol. The third-order valence-electron chi connectivity index (χ3n) is 3.19. The summed E-state index contributed by atoms with van der Waals surface area (Å²) in [6.07, 6.45) is 4.23. The van der Waals surface area contributed by atoms with Crippen LogP contribution in [0.25, 0.3) is 6.08 Å². The van der Waals surface area contributed by atoms with Crippen molar-refractivity contribution in [3.05, 3.63) is 60.1 Å². The molecule has 0 radical (unpaired) electrons. The lowest BCUT2D eigenvalue weighted by Gasteiger charge is -2.20. The summed E-state index contributed by atoms with van der Waals surface area (Å²) >= 11 is 0. The van der Waals surface area contributed by atoms with E-state index in [1.165, 1.54) is 37.5 Å². The number of halogens is 2. The summed E-state index contributed by atoms with van der Waals surface area (Å²) < 4.78 is 33.4. The van der Waals surface area contributed by atoms with Gasteiger partial charge in [0.15, 0.2) is 0 Å². The number of furan rings is 1. The fourth-order valence-corrected chi connectivity index (χ4v) is 1.92. The van der Waals surface area contributed by atoms with Crippen molar-refractivity contribution in [2.24, 2.45) is 0 Å². The quantitative estimate of drug-likeness (QED) is 0.762. The SMILES string of the molecule is CC(O)(CNC(=O)C=Cc1ccc(OC(F)F)cc1)c1ccco1. The fourth-order valence-electron chi connectivity index (χ4n) is 1.92. The molecule has 5 nitrogen and oxygen atoms in total. The molecule has 0 bridgehead atoms. The largest absolute Gasteiger partial charge is 0.466 e. The van der Waals surface area contributed by atoms with Gasteiger partial charge in [-0.05, 0) is 42.8 Å². The number of hydrogen-bond donors (Lipinski definition) is 2. The van der Waals surface area contributed by atoms with Crippen LogP contribution in [0.1, 0.15) is 18.2 Å². The molecule has 24 heavy (non-hydrogen) atoms. The maximum absolute atomic E-state index is 12.0. The van der Waals surface area contributed by atoms with Gasteiger partial charge in [-0.2, -0.15) is 8.78 Å². The number of amides is 1. The number of rotatable bonds is 7. The van der Waals surface area contributed by atoms with E-state index in [0.717, 1.165) is 0 Å². The molecular weight excluding hydrogens is 320 g/mol. The average Bonchev–Trinajstić information content (AvgIpc) is 3.07. The lowest BCUT2D eigenvalue weighted by atomic mass is 10.0. The van der Waals surface area contributed by atoms with Crippen molar-refractivity contribution in [1.29, 1.82) is 0 Å². The van der Waals surface area contributed by atoms with Crippen LogP contribution < -0.4 is 10.1 Å². The van der Waals surface area contributed by atoms with Gasteiger partial charge in [-0.25, -0.2) is 0 Å². The van der Waals surface area contributed by atoms with Crippen LogP contribution in [0.3, 0.4) is 0 Å².